The average molecular weight is 315 g/mol. The van der Waals surface area contributed by atoms with E-state index < -0.39 is 0 Å². The summed E-state index contributed by atoms with van der Waals surface area (Å²) < 4.78 is 0. The van der Waals surface area contributed by atoms with Crippen molar-refractivity contribution in [3.8, 4) is 0 Å². The monoisotopic (exact) mass is 315 g/mol. The van der Waals surface area contributed by atoms with Crippen molar-refractivity contribution in [2.75, 3.05) is 19.6 Å². The van der Waals surface area contributed by atoms with Crippen LogP contribution < -0.4 is 5.73 Å². The van der Waals surface area contributed by atoms with Gasteiger partial charge in [0.15, 0.2) is 0 Å². The van der Waals surface area contributed by atoms with Gasteiger partial charge in [-0.25, -0.2) is 4.98 Å². The van der Waals surface area contributed by atoms with Crippen LogP contribution in [0.15, 0.2) is 36.5 Å². The molecule has 22 heavy (non-hydrogen) atoms. The molecular weight excluding hydrogens is 290 g/mol. The summed E-state index contributed by atoms with van der Waals surface area (Å²) in [5.74, 6) is 0.742. The van der Waals surface area contributed by atoms with Crippen LogP contribution in [0, 0.1) is 0 Å². The molecule has 0 amide bonds. The van der Waals surface area contributed by atoms with Crippen LogP contribution in [0.1, 0.15) is 40.6 Å². The van der Waals surface area contributed by atoms with E-state index in [0.717, 1.165) is 32.0 Å². The number of hydrogen-bond donors (Lipinski definition) is 1. The molecule has 1 saturated carbocycles. The van der Waals surface area contributed by atoms with Crippen LogP contribution in [0.4, 0.5) is 0 Å². The van der Waals surface area contributed by atoms with E-state index in [1.165, 1.54) is 34.7 Å². The fourth-order valence-corrected chi connectivity index (χ4v) is 3.97. The minimum Gasteiger partial charge on any atom is -0.329 e. The van der Waals surface area contributed by atoms with Crippen LogP contribution in [-0.4, -0.2) is 29.5 Å². The van der Waals surface area contributed by atoms with Crippen molar-refractivity contribution in [3.63, 3.8) is 0 Å². The zero-order valence-corrected chi connectivity index (χ0v) is 13.9. The summed E-state index contributed by atoms with van der Waals surface area (Å²) in [5.41, 5.74) is 7.17. The molecule has 118 valence electrons. The van der Waals surface area contributed by atoms with Crippen LogP contribution >= 0.6 is 11.3 Å². The normalized spacial score (nSPS) is 15.2. The van der Waals surface area contributed by atoms with Gasteiger partial charge in [0.05, 0.1) is 5.01 Å². The predicted octanol–water partition coefficient (Wildman–Crippen LogP) is 3.41. The van der Waals surface area contributed by atoms with Crippen LogP contribution in [0.2, 0.25) is 0 Å². The molecule has 4 heteroatoms. The van der Waals surface area contributed by atoms with E-state index in [4.69, 9.17) is 5.73 Å². The topological polar surface area (TPSA) is 42.1 Å². The molecule has 0 aliphatic heterocycles. The van der Waals surface area contributed by atoms with Gasteiger partial charge in [0, 0.05) is 43.2 Å². The Kier molecular flexibility index (Phi) is 5.59. The fourth-order valence-electron chi connectivity index (χ4n) is 2.84. The summed E-state index contributed by atoms with van der Waals surface area (Å²) in [5, 5.41) is 1.34. The van der Waals surface area contributed by atoms with Crippen molar-refractivity contribution in [2.24, 2.45) is 5.73 Å². The Hall–Kier alpha value is -1.23. The molecule has 3 rings (SSSR count). The minimum atomic E-state index is 0.711. The Morgan fingerprint density at radius 2 is 2.00 bits per heavy atom. The summed E-state index contributed by atoms with van der Waals surface area (Å²) in [4.78, 5) is 8.46. The van der Waals surface area contributed by atoms with Crippen molar-refractivity contribution in [3.05, 3.63) is 52.0 Å². The standard InChI is InChI=1S/C18H25N3S/c19-10-12-21(11-9-15-5-2-1-3-6-15)14-17-13-20-18(22-17)16-7-4-8-16/h1-3,5-6,13,16H,4,7-12,14,19H2. The van der Waals surface area contributed by atoms with E-state index >= 15 is 0 Å². The van der Waals surface area contributed by atoms with Gasteiger partial charge in [0.1, 0.15) is 0 Å². The van der Waals surface area contributed by atoms with Crippen LogP contribution in [0.3, 0.4) is 0 Å². The Labute approximate surface area is 137 Å². The van der Waals surface area contributed by atoms with Gasteiger partial charge in [-0.3, -0.25) is 4.90 Å². The van der Waals surface area contributed by atoms with Gasteiger partial charge in [-0.2, -0.15) is 0 Å². The van der Waals surface area contributed by atoms with Gasteiger partial charge in [-0.1, -0.05) is 36.8 Å². The molecule has 0 spiro atoms. The lowest BCUT2D eigenvalue weighted by atomic mass is 9.86. The maximum atomic E-state index is 5.78. The molecule has 0 unspecified atom stereocenters. The minimum absolute atomic E-state index is 0.711. The molecule has 0 atom stereocenters. The number of nitrogens with two attached hydrogens (primary N) is 1. The van der Waals surface area contributed by atoms with Crippen molar-refractivity contribution < 1.29 is 0 Å². The third-order valence-electron chi connectivity index (χ3n) is 4.41. The van der Waals surface area contributed by atoms with Gasteiger partial charge in [-0.15, -0.1) is 11.3 Å². The lowest BCUT2D eigenvalue weighted by Gasteiger charge is -2.23. The molecular formula is C18H25N3S. The molecule has 2 N–H and O–H groups in total. The van der Waals surface area contributed by atoms with E-state index in [0.29, 0.717) is 6.54 Å². The van der Waals surface area contributed by atoms with Crippen molar-refractivity contribution >= 4 is 11.3 Å². The maximum Gasteiger partial charge on any atom is 0.0959 e. The number of nitrogens with zero attached hydrogens (tertiary/aromatic N) is 2. The highest BCUT2D eigenvalue weighted by Gasteiger charge is 2.22. The summed E-state index contributed by atoms with van der Waals surface area (Å²) in [6.45, 7) is 3.69. The first-order chi connectivity index (χ1) is 10.8. The number of benzene rings is 1. The van der Waals surface area contributed by atoms with E-state index in [2.05, 4.69) is 46.4 Å². The second-order valence-electron chi connectivity index (χ2n) is 6.09. The lowest BCUT2D eigenvalue weighted by Crippen LogP contribution is -2.30. The largest absolute Gasteiger partial charge is 0.329 e. The van der Waals surface area contributed by atoms with Crippen molar-refractivity contribution in [2.45, 2.75) is 38.1 Å². The van der Waals surface area contributed by atoms with E-state index in [9.17, 15) is 0 Å². The molecule has 1 aliphatic rings. The zero-order chi connectivity index (χ0) is 15.2. The van der Waals surface area contributed by atoms with E-state index in [1.54, 1.807) is 0 Å². The molecule has 1 aromatic carbocycles. The van der Waals surface area contributed by atoms with Gasteiger partial charge in [0.2, 0.25) is 0 Å². The molecule has 1 aromatic heterocycles. The summed E-state index contributed by atoms with van der Waals surface area (Å²) in [7, 11) is 0. The van der Waals surface area contributed by atoms with Crippen molar-refractivity contribution in [1.82, 2.24) is 9.88 Å². The van der Waals surface area contributed by atoms with Crippen LogP contribution in [0.5, 0.6) is 0 Å². The Bertz CT molecular complexity index is 563. The quantitative estimate of drug-likeness (QED) is 0.811. The zero-order valence-electron chi connectivity index (χ0n) is 13.1. The molecule has 0 bridgehead atoms. The first-order valence-electron chi connectivity index (χ1n) is 8.26. The maximum absolute atomic E-state index is 5.78. The SMILES string of the molecule is NCCN(CCc1ccccc1)Cc1cnc(C2CCC2)s1. The highest BCUT2D eigenvalue weighted by molar-refractivity contribution is 7.11. The average Bonchev–Trinajstić information content (AvgIpc) is 2.92. The van der Waals surface area contributed by atoms with Gasteiger partial charge >= 0.3 is 0 Å². The molecule has 1 heterocycles. The van der Waals surface area contributed by atoms with E-state index in [1.807, 2.05) is 11.3 Å². The third kappa shape index (κ3) is 4.15. The van der Waals surface area contributed by atoms with Gasteiger partial charge < -0.3 is 5.73 Å². The molecule has 3 nitrogen and oxygen atoms in total. The second kappa shape index (κ2) is 7.86. The van der Waals surface area contributed by atoms with E-state index in [-0.39, 0.29) is 0 Å². The molecule has 0 saturated heterocycles. The van der Waals surface area contributed by atoms with Crippen molar-refractivity contribution in [1.29, 1.82) is 0 Å². The summed E-state index contributed by atoms with van der Waals surface area (Å²) in [6.07, 6.45) is 7.18. The summed E-state index contributed by atoms with van der Waals surface area (Å²) in [6, 6.07) is 10.7. The molecule has 0 radical (unpaired) electrons. The molecule has 1 fully saturated rings. The number of thiazole rings is 1. The Morgan fingerprint density at radius 3 is 2.68 bits per heavy atom. The second-order valence-corrected chi connectivity index (χ2v) is 7.24. The number of aromatic nitrogens is 1. The first-order valence-corrected chi connectivity index (χ1v) is 9.08. The van der Waals surface area contributed by atoms with Crippen LogP contribution in [-0.2, 0) is 13.0 Å². The van der Waals surface area contributed by atoms with Gasteiger partial charge in [-0.05, 0) is 24.8 Å². The smallest absolute Gasteiger partial charge is 0.0959 e. The lowest BCUT2D eigenvalue weighted by molar-refractivity contribution is 0.278. The highest BCUT2D eigenvalue weighted by Crippen LogP contribution is 2.38. The number of rotatable bonds is 8. The van der Waals surface area contributed by atoms with Gasteiger partial charge in [0.25, 0.3) is 0 Å². The fraction of sp³-hybridized carbons (Fsp3) is 0.500. The summed E-state index contributed by atoms with van der Waals surface area (Å²) >= 11 is 1.90. The Balaban J connectivity index is 1.55. The third-order valence-corrected chi connectivity index (χ3v) is 5.55. The molecule has 2 aromatic rings. The number of hydrogen-bond acceptors (Lipinski definition) is 4. The van der Waals surface area contributed by atoms with Crippen LogP contribution in [0.25, 0.3) is 0 Å². The predicted molar refractivity (Wildman–Crippen MR) is 93.2 cm³/mol. The highest BCUT2D eigenvalue weighted by atomic mass is 32.1. The first kappa shape index (κ1) is 15.7. The Morgan fingerprint density at radius 1 is 1.18 bits per heavy atom. The molecule has 1 aliphatic carbocycles.